The minimum Gasteiger partial charge on any atom is -0.493 e. The van der Waals surface area contributed by atoms with Crippen molar-refractivity contribution in [2.75, 3.05) is 25.2 Å². The SMILES string of the molecule is COc1cc(N2Cc3cc(-c4ncc(Cl)cn4)sc3C2=O)ccc1OCC(C)(C)OC(=O)CN.Cl. The monoisotopic (exact) mass is 538 g/mol. The molecule has 3 aromatic rings. The standard InChI is InChI=1S/C23H23ClN4O5S.ClH/c1-23(2,33-19(29)8-25)12-32-16-5-4-15(7-17(16)31-3)28-11-13-6-18(34-20(13)22(28)30)21-26-9-14(24)10-27-21;/h4-7,9-10H,8,11-12,25H2,1-3H3;1H. The third-order valence-electron chi connectivity index (χ3n) is 5.01. The first-order valence-corrected chi connectivity index (χ1v) is 11.6. The van der Waals surface area contributed by atoms with Crippen LogP contribution in [-0.4, -0.2) is 47.7 Å². The number of nitrogens with two attached hydrogens (primary N) is 1. The first-order valence-electron chi connectivity index (χ1n) is 10.4. The predicted molar refractivity (Wildman–Crippen MR) is 136 cm³/mol. The van der Waals surface area contributed by atoms with E-state index in [4.69, 9.17) is 31.5 Å². The molecule has 9 nitrogen and oxygen atoms in total. The Hall–Kier alpha value is -2.92. The summed E-state index contributed by atoms with van der Waals surface area (Å²) in [5, 5.41) is 0.455. The van der Waals surface area contributed by atoms with Crippen molar-refractivity contribution in [1.82, 2.24) is 9.97 Å². The first-order chi connectivity index (χ1) is 16.2. The molecule has 0 fully saturated rings. The van der Waals surface area contributed by atoms with Gasteiger partial charge in [-0.1, -0.05) is 11.6 Å². The molecule has 186 valence electrons. The van der Waals surface area contributed by atoms with Gasteiger partial charge in [0.15, 0.2) is 17.3 Å². The fourth-order valence-corrected chi connectivity index (χ4v) is 4.59. The predicted octanol–water partition coefficient (Wildman–Crippen LogP) is 4.11. The maximum absolute atomic E-state index is 13.1. The summed E-state index contributed by atoms with van der Waals surface area (Å²) >= 11 is 7.21. The number of aromatic nitrogens is 2. The molecule has 3 heterocycles. The maximum Gasteiger partial charge on any atom is 0.320 e. The van der Waals surface area contributed by atoms with Crippen LogP contribution in [0.2, 0.25) is 5.02 Å². The van der Waals surface area contributed by atoms with Gasteiger partial charge in [0.1, 0.15) is 12.2 Å². The van der Waals surface area contributed by atoms with Crippen LogP contribution < -0.4 is 20.1 Å². The van der Waals surface area contributed by atoms with E-state index in [-0.39, 0.29) is 31.5 Å². The van der Waals surface area contributed by atoms with Gasteiger partial charge in [0.2, 0.25) is 0 Å². The zero-order valence-electron chi connectivity index (χ0n) is 19.2. The van der Waals surface area contributed by atoms with E-state index in [1.807, 2.05) is 6.07 Å². The number of amides is 1. The van der Waals surface area contributed by atoms with Crippen LogP contribution in [0.15, 0.2) is 36.7 Å². The molecule has 2 N–H and O–H groups in total. The number of ether oxygens (including phenoxy) is 3. The highest BCUT2D eigenvalue weighted by atomic mass is 35.5. The van der Waals surface area contributed by atoms with Crippen LogP contribution in [0.5, 0.6) is 11.5 Å². The Balaban J connectivity index is 0.00000342. The lowest BCUT2D eigenvalue weighted by Crippen LogP contribution is -2.37. The van der Waals surface area contributed by atoms with E-state index in [2.05, 4.69) is 9.97 Å². The molecule has 0 radical (unpaired) electrons. The van der Waals surface area contributed by atoms with Gasteiger partial charge in [0, 0.05) is 24.1 Å². The van der Waals surface area contributed by atoms with E-state index in [1.54, 1.807) is 36.9 Å². The molecule has 1 aliphatic rings. The number of carbonyl (C=O) groups is 2. The summed E-state index contributed by atoms with van der Waals surface area (Å²) < 4.78 is 16.6. The molecule has 1 aliphatic heterocycles. The fourth-order valence-electron chi connectivity index (χ4n) is 3.42. The van der Waals surface area contributed by atoms with Crippen LogP contribution in [0.1, 0.15) is 29.1 Å². The zero-order valence-corrected chi connectivity index (χ0v) is 21.6. The molecule has 0 spiro atoms. The van der Waals surface area contributed by atoms with Crippen LogP contribution in [0.25, 0.3) is 10.7 Å². The number of hydrogen-bond acceptors (Lipinski definition) is 9. The second-order valence-corrected chi connectivity index (χ2v) is 9.63. The number of nitrogens with zero attached hydrogens (tertiary/aromatic N) is 3. The summed E-state index contributed by atoms with van der Waals surface area (Å²) in [5.41, 5.74) is 6.02. The number of hydrogen-bond donors (Lipinski definition) is 1. The van der Waals surface area contributed by atoms with Crippen molar-refractivity contribution in [3.05, 3.63) is 52.1 Å². The largest absolute Gasteiger partial charge is 0.493 e. The van der Waals surface area contributed by atoms with E-state index in [9.17, 15) is 9.59 Å². The van der Waals surface area contributed by atoms with Gasteiger partial charge in [0.25, 0.3) is 5.91 Å². The van der Waals surface area contributed by atoms with E-state index in [0.717, 1.165) is 10.4 Å². The Morgan fingerprint density at radius 1 is 1.23 bits per heavy atom. The number of anilines is 1. The third kappa shape index (κ3) is 5.84. The quantitative estimate of drug-likeness (QED) is 0.425. The molecule has 1 aromatic carbocycles. The van der Waals surface area contributed by atoms with Gasteiger partial charge >= 0.3 is 5.97 Å². The summed E-state index contributed by atoms with van der Waals surface area (Å²) in [5.74, 6) is 0.835. The van der Waals surface area contributed by atoms with Crippen molar-refractivity contribution in [3.8, 4) is 22.2 Å². The summed E-state index contributed by atoms with van der Waals surface area (Å²) in [7, 11) is 1.52. The summed E-state index contributed by atoms with van der Waals surface area (Å²) in [6.45, 7) is 3.77. The second-order valence-electron chi connectivity index (χ2n) is 8.14. The van der Waals surface area contributed by atoms with Gasteiger partial charge in [-0.2, -0.15) is 0 Å². The van der Waals surface area contributed by atoms with Crippen LogP contribution in [0, 0.1) is 0 Å². The van der Waals surface area contributed by atoms with Gasteiger partial charge in [-0.3, -0.25) is 9.59 Å². The van der Waals surface area contributed by atoms with Crippen molar-refractivity contribution in [1.29, 1.82) is 0 Å². The van der Waals surface area contributed by atoms with Crippen LogP contribution in [-0.2, 0) is 16.1 Å². The van der Waals surface area contributed by atoms with Gasteiger partial charge in [-0.15, -0.1) is 23.7 Å². The molecule has 0 aliphatic carbocycles. The normalized spacial score (nSPS) is 12.7. The molecule has 4 rings (SSSR count). The first kappa shape index (κ1) is 26.7. The van der Waals surface area contributed by atoms with E-state index in [0.29, 0.717) is 39.5 Å². The zero-order chi connectivity index (χ0) is 24.5. The summed E-state index contributed by atoms with van der Waals surface area (Å²) in [6, 6.07) is 7.18. The summed E-state index contributed by atoms with van der Waals surface area (Å²) in [6.07, 6.45) is 3.06. The summed E-state index contributed by atoms with van der Waals surface area (Å²) in [4.78, 5) is 36.2. The molecular formula is C23H24Cl2N4O5S. The minimum atomic E-state index is -0.870. The third-order valence-corrected chi connectivity index (χ3v) is 6.36. The molecule has 0 atom stereocenters. The van der Waals surface area contributed by atoms with Crippen molar-refractivity contribution in [2.24, 2.45) is 5.73 Å². The lowest BCUT2D eigenvalue weighted by Gasteiger charge is -2.25. The number of halogens is 2. The van der Waals surface area contributed by atoms with Crippen LogP contribution >= 0.6 is 35.3 Å². The molecule has 0 saturated carbocycles. The molecule has 12 heteroatoms. The molecule has 0 saturated heterocycles. The average Bonchev–Trinajstić information content (AvgIpc) is 3.37. The number of esters is 1. The molecule has 0 unspecified atom stereocenters. The van der Waals surface area contributed by atoms with Crippen molar-refractivity contribution in [3.63, 3.8) is 0 Å². The highest BCUT2D eigenvalue weighted by Gasteiger charge is 2.32. The van der Waals surface area contributed by atoms with Crippen molar-refractivity contribution in [2.45, 2.75) is 26.0 Å². The Morgan fingerprint density at radius 3 is 2.57 bits per heavy atom. The highest BCUT2D eigenvalue weighted by Crippen LogP contribution is 2.40. The van der Waals surface area contributed by atoms with Crippen molar-refractivity contribution >= 4 is 52.9 Å². The van der Waals surface area contributed by atoms with E-state index in [1.165, 1.54) is 30.8 Å². The second kappa shape index (κ2) is 10.8. The lowest BCUT2D eigenvalue weighted by atomic mass is 10.1. The molecule has 0 bridgehead atoms. The van der Waals surface area contributed by atoms with E-state index < -0.39 is 11.6 Å². The lowest BCUT2D eigenvalue weighted by molar-refractivity contribution is -0.157. The van der Waals surface area contributed by atoms with E-state index >= 15 is 0 Å². The number of rotatable bonds is 8. The van der Waals surface area contributed by atoms with Gasteiger partial charge < -0.3 is 24.8 Å². The smallest absolute Gasteiger partial charge is 0.320 e. The van der Waals surface area contributed by atoms with Crippen molar-refractivity contribution < 1.29 is 23.8 Å². The van der Waals surface area contributed by atoms with Gasteiger partial charge in [0.05, 0.1) is 35.0 Å². The topological polar surface area (TPSA) is 117 Å². The Labute approximate surface area is 217 Å². The van der Waals surface area contributed by atoms with Crippen LogP contribution in [0.4, 0.5) is 5.69 Å². The highest BCUT2D eigenvalue weighted by molar-refractivity contribution is 7.17. The number of thiophene rings is 1. The Bertz CT molecular complexity index is 1230. The molecule has 35 heavy (non-hydrogen) atoms. The molecular weight excluding hydrogens is 515 g/mol. The van der Waals surface area contributed by atoms with Gasteiger partial charge in [-0.25, -0.2) is 9.97 Å². The Morgan fingerprint density at radius 2 is 1.94 bits per heavy atom. The Kier molecular flexibility index (Phi) is 8.22. The number of carbonyl (C=O) groups excluding carboxylic acids is 2. The molecule has 2 aromatic heterocycles. The minimum absolute atomic E-state index is 0. The maximum atomic E-state index is 13.1. The number of fused-ring (bicyclic) bond motifs is 1. The van der Waals surface area contributed by atoms with Gasteiger partial charge in [-0.05, 0) is 37.6 Å². The number of benzene rings is 1. The average molecular weight is 539 g/mol. The molecule has 1 amide bonds. The number of methoxy groups -OCH3 is 1. The fraction of sp³-hybridized carbons (Fsp3) is 0.304. The van der Waals surface area contributed by atoms with Crippen LogP contribution in [0.3, 0.4) is 0 Å².